The SMILES string of the molecule is CN=C(NCCc1c(C)noc1C)NCc1ccccc1Cn1cccn1.I. The molecule has 3 aromatic rings. The molecule has 2 heterocycles. The van der Waals surface area contributed by atoms with Crippen LogP contribution in [0.2, 0.25) is 0 Å². The summed E-state index contributed by atoms with van der Waals surface area (Å²) in [5.74, 6) is 1.65. The van der Waals surface area contributed by atoms with Crippen molar-refractivity contribution in [2.75, 3.05) is 13.6 Å². The summed E-state index contributed by atoms with van der Waals surface area (Å²) in [6, 6.07) is 10.3. The Balaban J connectivity index is 0.00000280. The Morgan fingerprint density at radius 1 is 1.14 bits per heavy atom. The van der Waals surface area contributed by atoms with Gasteiger partial charge in [0.05, 0.1) is 12.2 Å². The fourth-order valence-corrected chi connectivity index (χ4v) is 3.02. The molecule has 0 radical (unpaired) electrons. The van der Waals surface area contributed by atoms with Crippen LogP contribution in [-0.2, 0) is 19.5 Å². The summed E-state index contributed by atoms with van der Waals surface area (Å²) in [6.45, 7) is 6.12. The second-order valence-corrected chi connectivity index (χ2v) is 6.38. The van der Waals surface area contributed by atoms with Gasteiger partial charge < -0.3 is 15.2 Å². The summed E-state index contributed by atoms with van der Waals surface area (Å²) in [4.78, 5) is 4.31. The van der Waals surface area contributed by atoms with E-state index in [0.717, 1.165) is 42.5 Å². The minimum atomic E-state index is 0. The number of hydrogen-bond acceptors (Lipinski definition) is 4. The van der Waals surface area contributed by atoms with Crippen LogP contribution in [0, 0.1) is 13.8 Å². The number of aryl methyl sites for hydroxylation is 2. The summed E-state index contributed by atoms with van der Waals surface area (Å²) in [6.07, 6.45) is 4.61. The van der Waals surface area contributed by atoms with E-state index in [-0.39, 0.29) is 24.0 Å². The van der Waals surface area contributed by atoms with Crippen molar-refractivity contribution in [2.45, 2.75) is 33.4 Å². The van der Waals surface area contributed by atoms with Crippen LogP contribution in [0.1, 0.15) is 28.1 Å². The van der Waals surface area contributed by atoms with Gasteiger partial charge in [-0.15, -0.1) is 24.0 Å². The molecule has 7 nitrogen and oxygen atoms in total. The van der Waals surface area contributed by atoms with Crippen molar-refractivity contribution in [3.8, 4) is 0 Å². The maximum atomic E-state index is 5.21. The van der Waals surface area contributed by atoms with Gasteiger partial charge in [0.2, 0.25) is 0 Å². The molecular formula is C20H27IN6O. The third kappa shape index (κ3) is 5.82. The van der Waals surface area contributed by atoms with Crippen LogP contribution < -0.4 is 10.6 Å². The number of rotatable bonds is 7. The van der Waals surface area contributed by atoms with E-state index in [1.165, 1.54) is 11.1 Å². The van der Waals surface area contributed by atoms with Crippen molar-refractivity contribution >= 4 is 29.9 Å². The number of guanidine groups is 1. The monoisotopic (exact) mass is 494 g/mol. The normalized spacial score (nSPS) is 11.2. The topological polar surface area (TPSA) is 80.3 Å². The molecule has 0 spiro atoms. The van der Waals surface area contributed by atoms with Crippen LogP contribution in [-0.4, -0.2) is 34.5 Å². The first kappa shape index (κ1) is 21.9. The highest BCUT2D eigenvalue weighted by atomic mass is 127. The molecule has 3 rings (SSSR count). The maximum absolute atomic E-state index is 5.21. The average Bonchev–Trinajstić information content (AvgIpc) is 3.30. The van der Waals surface area contributed by atoms with Crippen molar-refractivity contribution in [3.63, 3.8) is 0 Å². The third-order valence-electron chi connectivity index (χ3n) is 4.53. The van der Waals surface area contributed by atoms with Gasteiger partial charge in [0.25, 0.3) is 0 Å². The van der Waals surface area contributed by atoms with Gasteiger partial charge in [-0.25, -0.2) is 0 Å². The standard InChI is InChI=1S/C20H26N6O.HI/c1-15-19(16(2)27-25-15)9-11-22-20(21-3)23-13-17-7-4-5-8-18(17)14-26-12-6-10-24-26;/h4-8,10,12H,9,11,13-14H2,1-3H3,(H2,21,22,23);1H. The summed E-state index contributed by atoms with van der Waals surface area (Å²) in [5.41, 5.74) is 4.56. The fourth-order valence-electron chi connectivity index (χ4n) is 3.02. The molecule has 28 heavy (non-hydrogen) atoms. The first-order valence-electron chi connectivity index (χ1n) is 9.08. The Labute approximate surface area is 182 Å². The third-order valence-corrected chi connectivity index (χ3v) is 4.53. The largest absolute Gasteiger partial charge is 0.361 e. The smallest absolute Gasteiger partial charge is 0.191 e. The summed E-state index contributed by atoms with van der Waals surface area (Å²) in [7, 11) is 1.78. The molecule has 0 aliphatic heterocycles. The van der Waals surface area contributed by atoms with Crippen molar-refractivity contribution in [1.82, 2.24) is 25.6 Å². The zero-order valence-corrected chi connectivity index (χ0v) is 18.8. The van der Waals surface area contributed by atoms with Gasteiger partial charge in [0.1, 0.15) is 5.76 Å². The van der Waals surface area contributed by atoms with Crippen molar-refractivity contribution in [3.05, 3.63) is 70.9 Å². The highest BCUT2D eigenvalue weighted by Crippen LogP contribution is 2.12. The number of nitrogens with zero attached hydrogens (tertiary/aromatic N) is 4. The molecule has 0 atom stereocenters. The Bertz CT molecular complexity index is 869. The van der Waals surface area contributed by atoms with E-state index < -0.39 is 0 Å². The number of aromatic nitrogens is 3. The molecule has 8 heteroatoms. The minimum absolute atomic E-state index is 0. The predicted octanol–water partition coefficient (Wildman–Crippen LogP) is 3.06. The average molecular weight is 494 g/mol. The van der Waals surface area contributed by atoms with Gasteiger partial charge in [-0.3, -0.25) is 9.67 Å². The lowest BCUT2D eigenvalue weighted by Gasteiger charge is -2.14. The first-order chi connectivity index (χ1) is 13.2. The van der Waals surface area contributed by atoms with Crippen LogP contribution in [0.3, 0.4) is 0 Å². The van der Waals surface area contributed by atoms with E-state index in [1.807, 2.05) is 30.8 Å². The molecule has 2 N–H and O–H groups in total. The Morgan fingerprint density at radius 2 is 1.93 bits per heavy atom. The second-order valence-electron chi connectivity index (χ2n) is 6.38. The van der Waals surface area contributed by atoms with E-state index in [2.05, 4.69) is 50.1 Å². The number of halogens is 1. The van der Waals surface area contributed by atoms with Gasteiger partial charge >= 0.3 is 0 Å². The van der Waals surface area contributed by atoms with E-state index in [0.29, 0.717) is 6.54 Å². The molecule has 0 fully saturated rings. The van der Waals surface area contributed by atoms with Crippen molar-refractivity contribution in [2.24, 2.45) is 4.99 Å². The highest BCUT2D eigenvalue weighted by molar-refractivity contribution is 14.0. The van der Waals surface area contributed by atoms with Gasteiger partial charge in [0, 0.05) is 38.1 Å². The Morgan fingerprint density at radius 3 is 2.57 bits per heavy atom. The van der Waals surface area contributed by atoms with Crippen molar-refractivity contribution in [1.29, 1.82) is 0 Å². The summed E-state index contributed by atoms with van der Waals surface area (Å²) < 4.78 is 7.14. The second kappa shape index (κ2) is 10.8. The fraction of sp³-hybridized carbons (Fsp3) is 0.350. The Kier molecular flexibility index (Phi) is 8.49. The number of hydrogen-bond donors (Lipinski definition) is 2. The summed E-state index contributed by atoms with van der Waals surface area (Å²) in [5, 5.41) is 15.0. The molecular weight excluding hydrogens is 467 g/mol. The maximum Gasteiger partial charge on any atom is 0.191 e. The minimum Gasteiger partial charge on any atom is -0.361 e. The van der Waals surface area contributed by atoms with Crippen LogP contribution in [0.15, 0.2) is 52.2 Å². The number of nitrogens with one attached hydrogen (secondary N) is 2. The first-order valence-corrected chi connectivity index (χ1v) is 9.08. The molecule has 2 aromatic heterocycles. The van der Waals surface area contributed by atoms with Gasteiger partial charge in [-0.1, -0.05) is 29.4 Å². The zero-order valence-electron chi connectivity index (χ0n) is 16.5. The molecule has 1 aromatic carbocycles. The number of aliphatic imine (C=N–C) groups is 1. The van der Waals surface area contributed by atoms with Crippen LogP contribution >= 0.6 is 24.0 Å². The highest BCUT2D eigenvalue weighted by Gasteiger charge is 2.09. The summed E-state index contributed by atoms with van der Waals surface area (Å²) >= 11 is 0. The van der Waals surface area contributed by atoms with Gasteiger partial charge in [-0.05, 0) is 37.5 Å². The van der Waals surface area contributed by atoms with E-state index in [1.54, 1.807) is 13.2 Å². The molecule has 0 bridgehead atoms. The van der Waals surface area contributed by atoms with E-state index in [9.17, 15) is 0 Å². The van der Waals surface area contributed by atoms with Crippen LogP contribution in [0.25, 0.3) is 0 Å². The molecule has 0 aliphatic carbocycles. The lowest BCUT2D eigenvalue weighted by atomic mass is 10.1. The van der Waals surface area contributed by atoms with Crippen LogP contribution in [0.5, 0.6) is 0 Å². The molecule has 0 saturated heterocycles. The Hall–Kier alpha value is -2.36. The quantitative estimate of drug-likeness (QED) is 0.300. The lowest BCUT2D eigenvalue weighted by molar-refractivity contribution is 0.392. The lowest BCUT2D eigenvalue weighted by Crippen LogP contribution is -2.38. The predicted molar refractivity (Wildman–Crippen MR) is 121 cm³/mol. The molecule has 0 amide bonds. The number of benzene rings is 1. The molecule has 150 valence electrons. The molecule has 0 saturated carbocycles. The molecule has 0 aliphatic rings. The zero-order chi connectivity index (χ0) is 19.1. The van der Waals surface area contributed by atoms with Gasteiger partial charge in [0.15, 0.2) is 5.96 Å². The van der Waals surface area contributed by atoms with E-state index in [4.69, 9.17) is 4.52 Å². The van der Waals surface area contributed by atoms with Gasteiger partial charge in [-0.2, -0.15) is 5.10 Å². The van der Waals surface area contributed by atoms with Crippen LogP contribution in [0.4, 0.5) is 0 Å². The molecule has 0 unspecified atom stereocenters. The van der Waals surface area contributed by atoms with Crippen molar-refractivity contribution < 1.29 is 4.52 Å². The van der Waals surface area contributed by atoms with E-state index >= 15 is 0 Å².